The van der Waals surface area contributed by atoms with Crippen molar-refractivity contribution in [2.24, 2.45) is 11.8 Å². The third-order valence-corrected chi connectivity index (χ3v) is 3.80. The van der Waals surface area contributed by atoms with Gasteiger partial charge in [-0.3, -0.25) is 0 Å². The van der Waals surface area contributed by atoms with E-state index in [4.69, 9.17) is 0 Å². The Morgan fingerprint density at radius 3 is 2.25 bits per heavy atom. The van der Waals surface area contributed by atoms with Crippen LogP contribution in [0.25, 0.3) is 0 Å². The van der Waals surface area contributed by atoms with Crippen molar-refractivity contribution in [3.8, 4) is 0 Å². The molecule has 2 aliphatic rings. The van der Waals surface area contributed by atoms with Gasteiger partial charge in [0.25, 0.3) is 0 Å². The monoisotopic (exact) mass is 236 g/mol. The summed E-state index contributed by atoms with van der Waals surface area (Å²) in [4.78, 5) is 2.30. The normalized spacial score (nSPS) is 35.6. The molecule has 0 amide bonds. The maximum absolute atomic E-state index is 12.0. The Morgan fingerprint density at radius 1 is 1.19 bits per heavy atom. The van der Waals surface area contributed by atoms with Crippen molar-refractivity contribution >= 4 is 0 Å². The molecule has 2 nitrogen and oxygen atoms in total. The zero-order chi connectivity index (χ0) is 11.8. The third-order valence-electron chi connectivity index (χ3n) is 3.80. The van der Waals surface area contributed by atoms with Gasteiger partial charge in [0, 0.05) is 25.7 Å². The van der Waals surface area contributed by atoms with Crippen molar-refractivity contribution < 1.29 is 13.2 Å². The van der Waals surface area contributed by atoms with E-state index in [1.165, 1.54) is 12.8 Å². The lowest BCUT2D eigenvalue weighted by molar-refractivity contribution is -0.134. The highest BCUT2D eigenvalue weighted by atomic mass is 19.4. The molecule has 0 radical (unpaired) electrons. The second-order valence-electron chi connectivity index (χ2n) is 5.16. The van der Waals surface area contributed by atoms with Crippen LogP contribution in [-0.4, -0.2) is 43.8 Å². The second kappa shape index (κ2) is 4.53. The molecule has 2 fully saturated rings. The van der Waals surface area contributed by atoms with Gasteiger partial charge in [0.1, 0.15) is 0 Å². The quantitative estimate of drug-likeness (QED) is 0.804. The molecule has 0 unspecified atom stereocenters. The molecular weight excluding hydrogens is 217 g/mol. The number of likely N-dealkylation sites (tertiary alicyclic amines) is 1. The van der Waals surface area contributed by atoms with Crippen molar-refractivity contribution in [2.75, 3.05) is 26.7 Å². The van der Waals surface area contributed by atoms with Crippen LogP contribution in [0.15, 0.2) is 0 Å². The summed E-state index contributed by atoms with van der Waals surface area (Å²) < 4.78 is 36.1. The first kappa shape index (κ1) is 12.2. The molecule has 0 aromatic rings. The van der Waals surface area contributed by atoms with Crippen LogP contribution in [-0.2, 0) is 0 Å². The highest BCUT2D eigenvalue weighted by Gasteiger charge is 2.40. The van der Waals surface area contributed by atoms with E-state index in [-0.39, 0.29) is 6.54 Å². The van der Waals surface area contributed by atoms with Crippen LogP contribution in [0.2, 0.25) is 0 Å². The lowest BCUT2D eigenvalue weighted by Crippen LogP contribution is -2.50. The van der Waals surface area contributed by atoms with E-state index in [9.17, 15) is 13.2 Å². The first-order chi connectivity index (χ1) is 7.46. The number of nitrogens with one attached hydrogen (secondary N) is 1. The van der Waals surface area contributed by atoms with E-state index in [2.05, 4.69) is 17.3 Å². The molecule has 1 aliphatic carbocycles. The summed E-state index contributed by atoms with van der Waals surface area (Å²) in [6.07, 6.45) is -2.41. The second-order valence-corrected chi connectivity index (χ2v) is 5.16. The van der Waals surface area contributed by atoms with Crippen LogP contribution < -0.4 is 5.32 Å². The average Bonchev–Trinajstić information content (AvgIpc) is 2.41. The molecule has 2 bridgehead atoms. The fraction of sp³-hybridized carbons (Fsp3) is 1.00. The van der Waals surface area contributed by atoms with Gasteiger partial charge in [0.2, 0.25) is 0 Å². The molecule has 0 aromatic heterocycles. The summed E-state index contributed by atoms with van der Waals surface area (Å²) in [6.45, 7) is 2.13. The standard InChI is InChI=1S/C11H19F3N2/c1-16-6-8-2-3-9(7-16)10(8)15-5-4-11(12,13)14/h8-10,15H,2-7H2,1H3/t8-,9+,10+. The molecule has 5 heteroatoms. The molecule has 94 valence electrons. The molecule has 3 atom stereocenters. The maximum atomic E-state index is 12.0. The van der Waals surface area contributed by atoms with Gasteiger partial charge < -0.3 is 10.2 Å². The van der Waals surface area contributed by atoms with Gasteiger partial charge in [0.15, 0.2) is 0 Å². The number of rotatable bonds is 3. The summed E-state index contributed by atoms with van der Waals surface area (Å²) in [6, 6.07) is 0.318. The molecule has 1 N–H and O–H groups in total. The highest BCUT2D eigenvalue weighted by molar-refractivity contribution is 4.96. The molecule has 0 spiro atoms. The summed E-state index contributed by atoms with van der Waals surface area (Å²) in [5.74, 6) is 1.11. The predicted molar refractivity (Wildman–Crippen MR) is 56.2 cm³/mol. The number of fused-ring (bicyclic) bond motifs is 2. The lowest BCUT2D eigenvalue weighted by atomic mass is 9.92. The molecule has 0 aromatic carbocycles. The van der Waals surface area contributed by atoms with E-state index in [0.717, 1.165) is 13.1 Å². The molecule has 1 saturated heterocycles. The van der Waals surface area contributed by atoms with Crippen LogP contribution in [0.3, 0.4) is 0 Å². The highest BCUT2D eigenvalue weighted by Crippen LogP contribution is 2.36. The van der Waals surface area contributed by atoms with Gasteiger partial charge in [-0.2, -0.15) is 13.2 Å². The Balaban J connectivity index is 1.79. The lowest BCUT2D eigenvalue weighted by Gasteiger charge is -2.36. The molecule has 1 aliphatic heterocycles. The number of nitrogens with zero attached hydrogens (tertiary/aromatic N) is 1. The maximum Gasteiger partial charge on any atom is 0.390 e. The fourth-order valence-electron chi connectivity index (χ4n) is 3.17. The summed E-state index contributed by atoms with van der Waals surface area (Å²) in [5.41, 5.74) is 0. The zero-order valence-electron chi connectivity index (χ0n) is 9.56. The SMILES string of the molecule is CN1C[C@H]2CC[C@@H](C1)[C@H]2NCCC(F)(F)F. The van der Waals surface area contributed by atoms with Crippen molar-refractivity contribution in [3.05, 3.63) is 0 Å². The third kappa shape index (κ3) is 2.88. The Bertz CT molecular complexity index is 228. The Kier molecular flexibility index (Phi) is 3.45. The first-order valence-electron chi connectivity index (χ1n) is 5.94. The van der Waals surface area contributed by atoms with E-state index in [1.54, 1.807) is 0 Å². The van der Waals surface area contributed by atoms with Crippen LogP contribution in [0.1, 0.15) is 19.3 Å². The topological polar surface area (TPSA) is 15.3 Å². The van der Waals surface area contributed by atoms with Gasteiger partial charge in [-0.15, -0.1) is 0 Å². The minimum absolute atomic E-state index is 0.0743. The number of alkyl halides is 3. The first-order valence-corrected chi connectivity index (χ1v) is 5.94. The van der Waals surface area contributed by atoms with E-state index >= 15 is 0 Å². The smallest absolute Gasteiger partial charge is 0.313 e. The fourth-order valence-corrected chi connectivity index (χ4v) is 3.17. The van der Waals surface area contributed by atoms with Gasteiger partial charge in [0.05, 0.1) is 6.42 Å². The van der Waals surface area contributed by atoms with Crippen LogP contribution in [0, 0.1) is 11.8 Å². The molecular formula is C11H19F3N2. The number of piperidine rings is 1. The minimum Gasteiger partial charge on any atom is -0.313 e. The summed E-state index contributed by atoms with van der Waals surface area (Å²) in [5, 5.41) is 3.11. The van der Waals surface area contributed by atoms with Gasteiger partial charge >= 0.3 is 6.18 Å². The van der Waals surface area contributed by atoms with Gasteiger partial charge in [-0.1, -0.05) is 0 Å². The largest absolute Gasteiger partial charge is 0.390 e. The minimum atomic E-state index is -4.03. The molecule has 1 saturated carbocycles. The van der Waals surface area contributed by atoms with Crippen molar-refractivity contribution in [1.82, 2.24) is 10.2 Å². The Morgan fingerprint density at radius 2 is 1.75 bits per heavy atom. The molecule has 1 heterocycles. The van der Waals surface area contributed by atoms with E-state index < -0.39 is 12.6 Å². The van der Waals surface area contributed by atoms with E-state index in [0.29, 0.717) is 17.9 Å². The summed E-state index contributed by atoms with van der Waals surface area (Å²) in [7, 11) is 2.09. The number of hydrogen-bond donors (Lipinski definition) is 1. The number of halogens is 3. The van der Waals surface area contributed by atoms with Crippen LogP contribution >= 0.6 is 0 Å². The van der Waals surface area contributed by atoms with Gasteiger partial charge in [-0.25, -0.2) is 0 Å². The van der Waals surface area contributed by atoms with Crippen molar-refractivity contribution in [1.29, 1.82) is 0 Å². The molecule has 16 heavy (non-hydrogen) atoms. The Labute approximate surface area is 94.2 Å². The molecule has 2 rings (SSSR count). The Hall–Kier alpha value is -0.290. The summed E-state index contributed by atoms with van der Waals surface area (Å²) >= 11 is 0. The zero-order valence-corrected chi connectivity index (χ0v) is 9.56. The van der Waals surface area contributed by atoms with Crippen LogP contribution in [0.5, 0.6) is 0 Å². The number of hydrogen-bond acceptors (Lipinski definition) is 2. The predicted octanol–water partition coefficient (Wildman–Crippen LogP) is 1.87. The van der Waals surface area contributed by atoms with Crippen molar-refractivity contribution in [3.63, 3.8) is 0 Å². The van der Waals surface area contributed by atoms with Crippen molar-refractivity contribution in [2.45, 2.75) is 31.5 Å². The van der Waals surface area contributed by atoms with Gasteiger partial charge in [-0.05, 0) is 31.7 Å². The average molecular weight is 236 g/mol. The van der Waals surface area contributed by atoms with Crippen LogP contribution in [0.4, 0.5) is 13.2 Å². The van der Waals surface area contributed by atoms with E-state index in [1.807, 2.05) is 0 Å².